The zero-order chi connectivity index (χ0) is 19.1. The highest BCUT2D eigenvalue weighted by Crippen LogP contribution is 2.26. The first-order valence-electron chi connectivity index (χ1n) is 9.25. The Morgan fingerprint density at radius 2 is 1.52 bits per heavy atom. The lowest BCUT2D eigenvalue weighted by Gasteiger charge is -2.19. The van der Waals surface area contributed by atoms with E-state index in [1.165, 1.54) is 0 Å². The SMILES string of the molecule is CN(C)CCCNc1cc(-c2ccccc2)nc(N(C)c2ccccc2)n1. The van der Waals surface area contributed by atoms with Gasteiger partial charge in [-0.2, -0.15) is 4.98 Å². The fraction of sp³-hybridized carbons (Fsp3) is 0.273. The molecule has 0 fully saturated rings. The molecule has 0 spiro atoms. The molecule has 0 bridgehead atoms. The van der Waals surface area contributed by atoms with E-state index in [9.17, 15) is 0 Å². The average Bonchev–Trinajstić information content (AvgIpc) is 2.71. The Morgan fingerprint density at radius 1 is 0.852 bits per heavy atom. The Morgan fingerprint density at radius 3 is 2.19 bits per heavy atom. The van der Waals surface area contributed by atoms with Crippen LogP contribution < -0.4 is 10.2 Å². The first kappa shape index (κ1) is 18.9. The van der Waals surface area contributed by atoms with Crippen molar-refractivity contribution in [2.45, 2.75) is 6.42 Å². The molecule has 0 radical (unpaired) electrons. The number of benzene rings is 2. The zero-order valence-corrected chi connectivity index (χ0v) is 16.3. The third-order valence-corrected chi connectivity index (χ3v) is 4.32. The molecule has 3 rings (SSSR count). The summed E-state index contributed by atoms with van der Waals surface area (Å²) in [4.78, 5) is 13.7. The summed E-state index contributed by atoms with van der Waals surface area (Å²) in [5.41, 5.74) is 3.05. The molecule has 0 saturated heterocycles. The van der Waals surface area contributed by atoms with E-state index in [4.69, 9.17) is 9.97 Å². The van der Waals surface area contributed by atoms with E-state index in [1.54, 1.807) is 0 Å². The molecule has 2 aromatic carbocycles. The van der Waals surface area contributed by atoms with Gasteiger partial charge >= 0.3 is 0 Å². The fourth-order valence-corrected chi connectivity index (χ4v) is 2.81. The number of nitrogens with zero attached hydrogens (tertiary/aromatic N) is 4. The minimum absolute atomic E-state index is 0.678. The second-order valence-corrected chi connectivity index (χ2v) is 6.78. The van der Waals surface area contributed by atoms with Crippen LogP contribution >= 0.6 is 0 Å². The summed E-state index contributed by atoms with van der Waals surface area (Å²) in [6, 6.07) is 22.4. The van der Waals surface area contributed by atoms with E-state index < -0.39 is 0 Å². The summed E-state index contributed by atoms with van der Waals surface area (Å²) in [6.45, 7) is 1.91. The van der Waals surface area contributed by atoms with Gasteiger partial charge in [-0.05, 0) is 39.2 Å². The minimum Gasteiger partial charge on any atom is -0.370 e. The van der Waals surface area contributed by atoms with Crippen LogP contribution in [0.5, 0.6) is 0 Å². The first-order valence-corrected chi connectivity index (χ1v) is 9.25. The van der Waals surface area contributed by atoms with Gasteiger partial charge in [0.25, 0.3) is 0 Å². The summed E-state index contributed by atoms with van der Waals surface area (Å²) in [7, 11) is 6.17. The maximum absolute atomic E-state index is 4.80. The van der Waals surface area contributed by atoms with Gasteiger partial charge in [0.1, 0.15) is 5.82 Å². The van der Waals surface area contributed by atoms with Gasteiger partial charge in [0.2, 0.25) is 5.95 Å². The second kappa shape index (κ2) is 9.14. The third-order valence-electron chi connectivity index (χ3n) is 4.32. The van der Waals surface area contributed by atoms with Crippen molar-refractivity contribution in [2.75, 3.05) is 44.4 Å². The van der Waals surface area contributed by atoms with Crippen molar-refractivity contribution >= 4 is 17.5 Å². The molecule has 0 aliphatic carbocycles. The van der Waals surface area contributed by atoms with Crippen molar-refractivity contribution in [3.63, 3.8) is 0 Å². The van der Waals surface area contributed by atoms with Gasteiger partial charge < -0.3 is 15.1 Å². The highest BCUT2D eigenvalue weighted by molar-refractivity contribution is 5.66. The summed E-state index contributed by atoms with van der Waals surface area (Å²) < 4.78 is 0. The molecular formula is C22H27N5. The number of aromatic nitrogens is 2. The highest BCUT2D eigenvalue weighted by Gasteiger charge is 2.11. The van der Waals surface area contributed by atoms with Gasteiger partial charge in [0.15, 0.2) is 0 Å². The lowest BCUT2D eigenvalue weighted by Crippen LogP contribution is -2.18. The monoisotopic (exact) mass is 361 g/mol. The van der Waals surface area contributed by atoms with Crippen LogP contribution in [0, 0.1) is 0 Å². The van der Waals surface area contributed by atoms with Gasteiger partial charge in [-0.1, -0.05) is 48.5 Å². The predicted octanol–water partition coefficient (Wildman–Crippen LogP) is 4.28. The van der Waals surface area contributed by atoms with E-state index in [2.05, 4.69) is 48.6 Å². The molecule has 5 nitrogen and oxygen atoms in total. The summed E-state index contributed by atoms with van der Waals surface area (Å²) in [6.07, 6.45) is 1.06. The molecule has 140 valence electrons. The van der Waals surface area contributed by atoms with Gasteiger partial charge in [-0.3, -0.25) is 0 Å². The van der Waals surface area contributed by atoms with Crippen LogP contribution in [-0.2, 0) is 0 Å². The van der Waals surface area contributed by atoms with Crippen molar-refractivity contribution in [3.05, 3.63) is 66.7 Å². The molecule has 5 heteroatoms. The molecule has 27 heavy (non-hydrogen) atoms. The Hall–Kier alpha value is -2.92. The maximum Gasteiger partial charge on any atom is 0.232 e. The molecule has 0 amide bonds. The lowest BCUT2D eigenvalue weighted by molar-refractivity contribution is 0.405. The minimum atomic E-state index is 0.678. The van der Waals surface area contributed by atoms with Crippen LogP contribution in [0.4, 0.5) is 17.5 Å². The fourth-order valence-electron chi connectivity index (χ4n) is 2.81. The number of rotatable bonds is 8. The Labute approximate surface area is 161 Å². The van der Waals surface area contributed by atoms with E-state index >= 15 is 0 Å². The van der Waals surface area contributed by atoms with Crippen LogP contribution in [0.2, 0.25) is 0 Å². The quantitative estimate of drug-likeness (QED) is 0.607. The van der Waals surface area contributed by atoms with Crippen molar-refractivity contribution in [3.8, 4) is 11.3 Å². The highest BCUT2D eigenvalue weighted by atomic mass is 15.3. The topological polar surface area (TPSA) is 44.3 Å². The van der Waals surface area contributed by atoms with E-state index in [-0.39, 0.29) is 0 Å². The zero-order valence-electron chi connectivity index (χ0n) is 16.3. The average molecular weight is 361 g/mol. The van der Waals surface area contributed by atoms with Crippen molar-refractivity contribution in [2.24, 2.45) is 0 Å². The number of hydrogen-bond acceptors (Lipinski definition) is 5. The molecule has 0 aliphatic rings. The Balaban J connectivity index is 1.88. The molecule has 0 saturated carbocycles. The lowest BCUT2D eigenvalue weighted by atomic mass is 10.1. The van der Waals surface area contributed by atoms with Gasteiger partial charge in [-0.25, -0.2) is 4.98 Å². The van der Waals surface area contributed by atoms with Crippen LogP contribution in [0.15, 0.2) is 66.7 Å². The van der Waals surface area contributed by atoms with Crippen molar-refractivity contribution in [1.29, 1.82) is 0 Å². The first-order chi connectivity index (χ1) is 13.1. The van der Waals surface area contributed by atoms with Gasteiger partial charge in [0, 0.05) is 30.9 Å². The Kier molecular flexibility index (Phi) is 6.39. The molecule has 3 aromatic rings. The number of hydrogen-bond donors (Lipinski definition) is 1. The smallest absolute Gasteiger partial charge is 0.232 e. The second-order valence-electron chi connectivity index (χ2n) is 6.78. The molecule has 1 heterocycles. The van der Waals surface area contributed by atoms with Gasteiger partial charge in [0.05, 0.1) is 5.69 Å². The van der Waals surface area contributed by atoms with E-state index in [0.717, 1.165) is 42.3 Å². The number of nitrogens with one attached hydrogen (secondary N) is 1. The standard InChI is InChI=1S/C22H27N5/c1-26(2)16-10-15-23-21-17-20(18-11-6-4-7-12-18)24-22(25-21)27(3)19-13-8-5-9-14-19/h4-9,11-14,17H,10,15-16H2,1-3H3,(H,23,24,25). The number of para-hydroxylation sites is 1. The van der Waals surface area contributed by atoms with E-state index in [1.807, 2.05) is 54.4 Å². The van der Waals surface area contributed by atoms with Crippen LogP contribution in [0.1, 0.15) is 6.42 Å². The molecule has 1 aromatic heterocycles. The molecular weight excluding hydrogens is 334 g/mol. The predicted molar refractivity (Wildman–Crippen MR) is 114 cm³/mol. The molecule has 0 atom stereocenters. The molecule has 1 N–H and O–H groups in total. The summed E-state index contributed by atoms with van der Waals surface area (Å²) >= 11 is 0. The van der Waals surface area contributed by atoms with Crippen molar-refractivity contribution in [1.82, 2.24) is 14.9 Å². The third kappa shape index (κ3) is 5.28. The van der Waals surface area contributed by atoms with Crippen LogP contribution in [-0.4, -0.2) is 49.1 Å². The van der Waals surface area contributed by atoms with Crippen molar-refractivity contribution < 1.29 is 0 Å². The van der Waals surface area contributed by atoms with E-state index in [0.29, 0.717) is 5.95 Å². The Bertz CT molecular complexity index is 834. The van der Waals surface area contributed by atoms with Crippen LogP contribution in [0.25, 0.3) is 11.3 Å². The maximum atomic E-state index is 4.80. The molecule has 0 aliphatic heterocycles. The molecule has 0 unspecified atom stereocenters. The largest absolute Gasteiger partial charge is 0.370 e. The normalized spacial score (nSPS) is 10.8. The van der Waals surface area contributed by atoms with Gasteiger partial charge in [-0.15, -0.1) is 0 Å². The number of anilines is 3. The summed E-state index contributed by atoms with van der Waals surface area (Å²) in [5.74, 6) is 1.53. The van der Waals surface area contributed by atoms with Crippen LogP contribution in [0.3, 0.4) is 0 Å². The summed E-state index contributed by atoms with van der Waals surface area (Å²) in [5, 5.41) is 3.45.